The molecule has 2 rings (SSSR count). The van der Waals surface area contributed by atoms with Crippen molar-refractivity contribution in [3.63, 3.8) is 0 Å². The van der Waals surface area contributed by atoms with Crippen LogP contribution in [0.15, 0.2) is 28.1 Å². The normalized spacial score (nSPS) is 17.9. The maximum Gasteiger partial charge on any atom is 0.268 e. The van der Waals surface area contributed by atoms with Gasteiger partial charge in [-0.3, -0.25) is 0 Å². The number of hydrogen-bond donors (Lipinski definition) is 0. The topological polar surface area (TPSA) is 49.7 Å². The van der Waals surface area contributed by atoms with Crippen molar-refractivity contribution in [1.29, 1.82) is 0 Å². The molecule has 0 aliphatic carbocycles. The van der Waals surface area contributed by atoms with E-state index in [-0.39, 0.29) is 16.7 Å². The van der Waals surface area contributed by atoms with Gasteiger partial charge in [0.05, 0.1) is 5.69 Å². The maximum atomic E-state index is 12.2. The Balaban J connectivity index is 2.78. The van der Waals surface area contributed by atoms with Crippen molar-refractivity contribution in [2.24, 2.45) is 4.99 Å². The molecule has 0 bridgehead atoms. The first kappa shape index (κ1) is 11.4. The Bertz CT molecular complexity index is 566. The lowest BCUT2D eigenvalue weighted by atomic mass is 10.2. The monoisotopic (exact) mass is 258 g/mol. The molecule has 0 spiro atoms. The quantitative estimate of drug-likeness (QED) is 0.726. The second-order valence-electron chi connectivity index (χ2n) is 3.47. The average molecular weight is 259 g/mol. The third kappa shape index (κ3) is 1.51. The lowest BCUT2D eigenvalue weighted by Gasteiger charge is -2.26. The number of sulfonamides is 1. The predicted octanol–water partition coefficient (Wildman–Crippen LogP) is 2.25. The van der Waals surface area contributed by atoms with Crippen LogP contribution in [0.25, 0.3) is 0 Å². The Morgan fingerprint density at radius 3 is 2.75 bits per heavy atom. The first-order valence-corrected chi connectivity index (χ1v) is 6.67. The van der Waals surface area contributed by atoms with E-state index < -0.39 is 10.0 Å². The number of aryl methyl sites for hydroxylation is 1. The number of amidine groups is 1. The molecule has 0 radical (unpaired) electrons. The van der Waals surface area contributed by atoms with Gasteiger partial charge in [-0.2, -0.15) is 0 Å². The molecule has 0 unspecified atom stereocenters. The number of hydrogen-bond acceptors (Lipinski definition) is 3. The molecule has 1 heterocycles. The molecule has 0 saturated carbocycles. The van der Waals surface area contributed by atoms with Crippen molar-refractivity contribution in [2.45, 2.75) is 18.7 Å². The van der Waals surface area contributed by atoms with Gasteiger partial charge in [0, 0.05) is 6.54 Å². The Hall–Kier alpha value is -1.07. The lowest BCUT2D eigenvalue weighted by Crippen LogP contribution is -2.36. The maximum absolute atomic E-state index is 12.2. The minimum atomic E-state index is -3.53. The summed E-state index contributed by atoms with van der Waals surface area (Å²) in [5.74, 6) is 0. The molecule has 1 aromatic rings. The summed E-state index contributed by atoms with van der Waals surface area (Å²) in [6.45, 7) is 3.80. The number of para-hydroxylation sites is 1. The van der Waals surface area contributed by atoms with Crippen molar-refractivity contribution in [1.82, 2.24) is 4.31 Å². The fraction of sp³-hybridized carbons (Fsp3) is 0.300. The zero-order chi connectivity index (χ0) is 11.9. The molecule has 0 atom stereocenters. The highest BCUT2D eigenvalue weighted by Gasteiger charge is 2.32. The van der Waals surface area contributed by atoms with Gasteiger partial charge < -0.3 is 0 Å². The third-order valence-electron chi connectivity index (χ3n) is 2.47. The van der Waals surface area contributed by atoms with Gasteiger partial charge >= 0.3 is 0 Å². The van der Waals surface area contributed by atoms with Crippen molar-refractivity contribution < 1.29 is 8.42 Å². The minimum Gasteiger partial charge on any atom is -0.240 e. The SMILES string of the molecule is CCN1C(Cl)=Nc2c(C)cccc2S1(=O)=O. The highest BCUT2D eigenvalue weighted by molar-refractivity contribution is 7.90. The average Bonchev–Trinajstić information content (AvgIpc) is 2.20. The summed E-state index contributed by atoms with van der Waals surface area (Å²) in [4.78, 5) is 4.34. The van der Waals surface area contributed by atoms with Gasteiger partial charge in [-0.1, -0.05) is 12.1 Å². The van der Waals surface area contributed by atoms with E-state index in [1.54, 1.807) is 19.1 Å². The van der Waals surface area contributed by atoms with Crippen LogP contribution in [-0.2, 0) is 10.0 Å². The Labute approximate surface area is 99.6 Å². The van der Waals surface area contributed by atoms with Crippen LogP contribution in [0.4, 0.5) is 5.69 Å². The summed E-state index contributed by atoms with van der Waals surface area (Å²) < 4.78 is 25.4. The number of rotatable bonds is 1. The van der Waals surface area contributed by atoms with E-state index in [1.807, 2.05) is 13.0 Å². The highest BCUT2D eigenvalue weighted by atomic mass is 35.5. The van der Waals surface area contributed by atoms with Gasteiger partial charge in [-0.05, 0) is 37.1 Å². The van der Waals surface area contributed by atoms with Gasteiger partial charge in [-0.15, -0.1) is 0 Å². The summed E-state index contributed by atoms with van der Waals surface area (Å²) >= 11 is 5.86. The van der Waals surface area contributed by atoms with Crippen LogP contribution < -0.4 is 0 Å². The van der Waals surface area contributed by atoms with Crippen LogP contribution in [0.2, 0.25) is 0 Å². The number of benzene rings is 1. The third-order valence-corrected chi connectivity index (χ3v) is 4.75. The summed E-state index contributed by atoms with van der Waals surface area (Å²) in [6.07, 6.45) is 0. The largest absolute Gasteiger partial charge is 0.268 e. The van der Waals surface area contributed by atoms with Gasteiger partial charge in [0.2, 0.25) is 5.29 Å². The molecule has 0 N–H and O–H groups in total. The molecule has 0 fully saturated rings. The van der Waals surface area contributed by atoms with Gasteiger partial charge in [0.1, 0.15) is 4.90 Å². The van der Waals surface area contributed by atoms with Gasteiger partial charge in [0.25, 0.3) is 10.0 Å². The fourth-order valence-corrected chi connectivity index (χ4v) is 3.64. The molecule has 0 amide bonds. The first-order chi connectivity index (χ1) is 7.48. The zero-order valence-electron chi connectivity index (χ0n) is 8.94. The molecular weight excluding hydrogens is 248 g/mol. The Morgan fingerprint density at radius 1 is 1.44 bits per heavy atom. The summed E-state index contributed by atoms with van der Waals surface area (Å²) in [6, 6.07) is 5.06. The first-order valence-electron chi connectivity index (χ1n) is 4.85. The summed E-state index contributed by atoms with van der Waals surface area (Å²) in [5.41, 5.74) is 1.24. The van der Waals surface area contributed by atoms with Crippen LogP contribution in [0.1, 0.15) is 12.5 Å². The van der Waals surface area contributed by atoms with Crippen molar-refractivity contribution >= 4 is 32.6 Å². The molecule has 1 aliphatic heterocycles. The van der Waals surface area contributed by atoms with E-state index in [1.165, 1.54) is 0 Å². The van der Waals surface area contributed by atoms with Crippen molar-refractivity contribution in [2.75, 3.05) is 6.54 Å². The second-order valence-corrected chi connectivity index (χ2v) is 5.64. The second kappa shape index (κ2) is 3.75. The van der Waals surface area contributed by atoms with Crippen LogP contribution in [0.3, 0.4) is 0 Å². The smallest absolute Gasteiger partial charge is 0.240 e. The standard InChI is InChI=1S/C10H11ClN2O2S/c1-3-13-10(11)12-9-7(2)5-4-6-8(9)16(13,14)15/h4-6H,3H2,1-2H3. The zero-order valence-corrected chi connectivity index (χ0v) is 10.5. The number of aliphatic imine (C=N–C) groups is 1. The fourth-order valence-electron chi connectivity index (χ4n) is 1.65. The minimum absolute atomic E-state index is 0.00398. The van der Waals surface area contributed by atoms with Gasteiger partial charge in [-0.25, -0.2) is 17.7 Å². The Kier molecular flexibility index (Phi) is 2.67. The van der Waals surface area contributed by atoms with Crippen molar-refractivity contribution in [3.8, 4) is 0 Å². The molecule has 6 heteroatoms. The summed E-state index contributed by atoms with van der Waals surface area (Å²) in [5, 5.41) is 0.00398. The van der Waals surface area contributed by atoms with E-state index >= 15 is 0 Å². The number of halogens is 1. The van der Waals surface area contributed by atoms with Crippen molar-refractivity contribution in [3.05, 3.63) is 23.8 Å². The number of nitrogens with zero attached hydrogens (tertiary/aromatic N) is 2. The van der Waals surface area contributed by atoms with E-state index in [0.29, 0.717) is 5.69 Å². The van der Waals surface area contributed by atoms with Crippen LogP contribution >= 0.6 is 11.6 Å². The summed E-state index contributed by atoms with van der Waals surface area (Å²) in [7, 11) is -3.53. The molecule has 16 heavy (non-hydrogen) atoms. The van der Waals surface area contributed by atoms with Gasteiger partial charge in [0.15, 0.2) is 0 Å². The molecule has 1 aliphatic rings. The van der Waals surface area contributed by atoms with E-state index in [4.69, 9.17) is 11.6 Å². The molecule has 0 aromatic heterocycles. The molecule has 1 aromatic carbocycles. The molecule has 0 saturated heterocycles. The predicted molar refractivity (Wildman–Crippen MR) is 63.7 cm³/mol. The number of fused-ring (bicyclic) bond motifs is 1. The van der Waals surface area contributed by atoms with Crippen LogP contribution in [0, 0.1) is 6.92 Å². The van der Waals surface area contributed by atoms with E-state index in [2.05, 4.69) is 4.99 Å². The van der Waals surface area contributed by atoms with Crippen LogP contribution in [-0.4, -0.2) is 24.6 Å². The lowest BCUT2D eigenvalue weighted by molar-refractivity contribution is 0.532. The highest BCUT2D eigenvalue weighted by Crippen LogP contribution is 2.35. The molecule has 86 valence electrons. The van der Waals surface area contributed by atoms with Crippen LogP contribution in [0.5, 0.6) is 0 Å². The molecular formula is C10H11ClN2O2S. The molecule has 4 nitrogen and oxygen atoms in total. The Morgan fingerprint density at radius 2 is 2.12 bits per heavy atom. The van der Waals surface area contributed by atoms with E-state index in [0.717, 1.165) is 9.87 Å². The van der Waals surface area contributed by atoms with E-state index in [9.17, 15) is 8.42 Å².